The van der Waals surface area contributed by atoms with Crippen LogP contribution in [-0.4, -0.2) is 33.1 Å². The number of nitrogens with one attached hydrogen (secondary N) is 1. The third-order valence-electron chi connectivity index (χ3n) is 4.00. The van der Waals surface area contributed by atoms with Gasteiger partial charge in [-0.1, -0.05) is 18.2 Å². The van der Waals surface area contributed by atoms with Gasteiger partial charge in [-0.25, -0.2) is 0 Å². The van der Waals surface area contributed by atoms with E-state index in [1.54, 1.807) is 26.0 Å². The number of aliphatic imine (C=N–C) groups is 1. The maximum Gasteiger partial charge on any atom is 0.140 e. The summed E-state index contributed by atoms with van der Waals surface area (Å²) in [5.41, 5.74) is 2.19. The van der Waals surface area contributed by atoms with Gasteiger partial charge in [0.15, 0.2) is 0 Å². The number of benzene rings is 2. The van der Waals surface area contributed by atoms with Gasteiger partial charge in [0.2, 0.25) is 0 Å². The van der Waals surface area contributed by atoms with Crippen LogP contribution in [0.5, 0.6) is 11.5 Å². The molecular weight excluding hydrogens is 400 g/mol. The van der Waals surface area contributed by atoms with Crippen LogP contribution in [0.25, 0.3) is 0 Å². The number of amidine groups is 1. The maximum atomic E-state index is 5.58. The zero-order chi connectivity index (χ0) is 17.6. The number of hydrogen-bond donors (Lipinski definition) is 1. The van der Waals surface area contributed by atoms with Crippen molar-refractivity contribution in [1.82, 2.24) is 5.32 Å². The van der Waals surface area contributed by atoms with Gasteiger partial charge in [0.1, 0.15) is 17.3 Å². The summed E-state index contributed by atoms with van der Waals surface area (Å²) < 4.78 is 12.0. The van der Waals surface area contributed by atoms with Crippen molar-refractivity contribution >= 4 is 33.5 Å². The summed E-state index contributed by atoms with van der Waals surface area (Å²) in [6.07, 6.45) is 1.09. The highest BCUT2D eigenvalue weighted by atomic mass is 79.9. The van der Waals surface area contributed by atoms with E-state index in [4.69, 9.17) is 9.47 Å². The Morgan fingerprint density at radius 2 is 2.00 bits per heavy atom. The minimum absolute atomic E-state index is 0.746. The predicted octanol–water partition coefficient (Wildman–Crippen LogP) is 4.50. The minimum Gasteiger partial charge on any atom is -0.496 e. The molecule has 0 aromatic heterocycles. The van der Waals surface area contributed by atoms with Crippen LogP contribution in [0, 0.1) is 0 Å². The largest absolute Gasteiger partial charge is 0.496 e. The number of ether oxygens (including phenoxy) is 2. The summed E-state index contributed by atoms with van der Waals surface area (Å²) in [6.45, 7) is 1.86. The van der Waals surface area contributed by atoms with Crippen molar-refractivity contribution in [2.24, 2.45) is 4.99 Å². The quantitative estimate of drug-likeness (QED) is 0.698. The summed E-state index contributed by atoms with van der Waals surface area (Å²) in [4.78, 5) is 5.83. The average molecular weight is 421 g/mol. The molecule has 132 valence electrons. The molecule has 1 N–H and O–H groups in total. The number of hydrogen-bond acceptors (Lipinski definition) is 5. The first-order chi connectivity index (χ1) is 12.2. The molecule has 25 heavy (non-hydrogen) atoms. The van der Waals surface area contributed by atoms with Crippen molar-refractivity contribution in [3.8, 4) is 11.5 Å². The van der Waals surface area contributed by atoms with Crippen molar-refractivity contribution in [2.45, 2.75) is 17.1 Å². The molecule has 0 saturated carbocycles. The first kappa shape index (κ1) is 18.1. The molecule has 0 saturated heterocycles. The van der Waals surface area contributed by atoms with Crippen LogP contribution in [-0.2, 0) is 5.75 Å². The molecule has 3 rings (SSSR count). The molecule has 0 aliphatic carbocycles. The Bertz CT molecular complexity index is 780. The molecule has 0 radical (unpaired) electrons. The predicted molar refractivity (Wildman–Crippen MR) is 107 cm³/mol. The van der Waals surface area contributed by atoms with Crippen LogP contribution in [0.15, 0.2) is 50.8 Å². The maximum absolute atomic E-state index is 5.58. The first-order valence-electron chi connectivity index (χ1n) is 8.14. The second-order valence-electron chi connectivity index (χ2n) is 5.56. The van der Waals surface area contributed by atoms with E-state index in [1.165, 1.54) is 4.90 Å². The molecule has 6 heteroatoms. The van der Waals surface area contributed by atoms with Crippen LogP contribution in [0.3, 0.4) is 0 Å². The van der Waals surface area contributed by atoms with Crippen molar-refractivity contribution in [3.05, 3.63) is 52.0 Å². The molecule has 0 fully saturated rings. The van der Waals surface area contributed by atoms with Crippen LogP contribution < -0.4 is 14.8 Å². The van der Waals surface area contributed by atoms with E-state index in [2.05, 4.69) is 50.5 Å². The molecule has 1 aliphatic rings. The molecule has 0 amide bonds. The topological polar surface area (TPSA) is 42.9 Å². The van der Waals surface area contributed by atoms with Gasteiger partial charge in [0.05, 0.1) is 18.7 Å². The van der Waals surface area contributed by atoms with Gasteiger partial charge in [-0.2, -0.15) is 0 Å². The highest BCUT2D eigenvalue weighted by Gasteiger charge is 2.16. The average Bonchev–Trinajstić information content (AvgIpc) is 2.67. The first-order valence-corrected chi connectivity index (χ1v) is 9.92. The van der Waals surface area contributed by atoms with E-state index in [9.17, 15) is 0 Å². The lowest BCUT2D eigenvalue weighted by Crippen LogP contribution is -2.30. The monoisotopic (exact) mass is 420 g/mol. The molecule has 2 aromatic carbocycles. The molecule has 4 nitrogen and oxygen atoms in total. The zero-order valence-electron chi connectivity index (χ0n) is 14.3. The van der Waals surface area contributed by atoms with Crippen LogP contribution >= 0.6 is 27.7 Å². The Morgan fingerprint density at radius 1 is 1.16 bits per heavy atom. The van der Waals surface area contributed by atoms with Gasteiger partial charge in [-0.15, -0.1) is 11.8 Å². The lowest BCUT2D eigenvalue weighted by atomic mass is 10.2. The fourth-order valence-corrected chi connectivity index (χ4v) is 4.38. The smallest absolute Gasteiger partial charge is 0.140 e. The molecule has 2 aromatic rings. The highest BCUT2D eigenvalue weighted by molar-refractivity contribution is 9.10. The summed E-state index contributed by atoms with van der Waals surface area (Å²) in [5, 5.41) is 3.41. The molecule has 0 bridgehead atoms. The van der Waals surface area contributed by atoms with E-state index in [0.717, 1.165) is 58.2 Å². The lowest BCUT2D eigenvalue weighted by Gasteiger charge is -2.18. The van der Waals surface area contributed by atoms with Crippen molar-refractivity contribution in [3.63, 3.8) is 0 Å². The molecule has 1 heterocycles. The summed E-state index contributed by atoms with van der Waals surface area (Å²) >= 11 is 5.31. The number of nitrogens with zero attached hydrogens (tertiary/aromatic N) is 1. The van der Waals surface area contributed by atoms with Gasteiger partial charge in [-0.3, -0.25) is 4.99 Å². The highest BCUT2D eigenvalue weighted by Crippen LogP contribution is 2.39. The Morgan fingerprint density at radius 3 is 2.72 bits per heavy atom. The number of methoxy groups -OCH3 is 2. The third-order valence-corrected chi connectivity index (χ3v) is 5.73. The van der Waals surface area contributed by atoms with Gasteiger partial charge in [0.25, 0.3) is 0 Å². The van der Waals surface area contributed by atoms with Crippen molar-refractivity contribution in [2.75, 3.05) is 27.3 Å². The van der Waals surface area contributed by atoms with E-state index in [0.29, 0.717) is 0 Å². The van der Waals surface area contributed by atoms with Crippen molar-refractivity contribution in [1.29, 1.82) is 0 Å². The van der Waals surface area contributed by atoms with E-state index in [-0.39, 0.29) is 0 Å². The van der Waals surface area contributed by atoms with Crippen LogP contribution in [0.2, 0.25) is 0 Å². The third kappa shape index (κ3) is 4.12. The Kier molecular flexibility index (Phi) is 6.26. The van der Waals surface area contributed by atoms with E-state index in [1.807, 2.05) is 12.1 Å². The van der Waals surface area contributed by atoms with Gasteiger partial charge >= 0.3 is 0 Å². The molecular formula is C19H21BrN2O2S. The van der Waals surface area contributed by atoms with Gasteiger partial charge in [0, 0.05) is 34.9 Å². The number of halogens is 1. The Labute approximate surface area is 161 Å². The standard InChI is InChI=1S/C19H21BrN2O2S/c1-23-16-9-8-15(20)18(24-2)14(16)12-25-17-7-4-3-6-13(17)19-21-10-5-11-22-19/h3-4,6-9H,5,10-12H2,1-2H3,(H,21,22). The summed E-state index contributed by atoms with van der Waals surface area (Å²) in [7, 11) is 3.37. The Balaban J connectivity index is 1.88. The van der Waals surface area contributed by atoms with Gasteiger partial charge in [-0.05, 0) is 40.5 Å². The molecule has 0 atom stereocenters. The number of thioether (sulfide) groups is 1. The molecule has 0 spiro atoms. The Hall–Kier alpha value is -1.66. The second-order valence-corrected chi connectivity index (χ2v) is 7.43. The van der Waals surface area contributed by atoms with E-state index >= 15 is 0 Å². The normalized spacial score (nSPS) is 13.8. The lowest BCUT2D eigenvalue weighted by molar-refractivity contribution is 0.386. The van der Waals surface area contributed by atoms with Crippen LogP contribution in [0.4, 0.5) is 0 Å². The number of rotatable bonds is 6. The summed E-state index contributed by atoms with van der Waals surface area (Å²) in [6, 6.07) is 12.3. The van der Waals surface area contributed by atoms with E-state index < -0.39 is 0 Å². The zero-order valence-corrected chi connectivity index (χ0v) is 16.7. The van der Waals surface area contributed by atoms with Crippen LogP contribution in [0.1, 0.15) is 17.5 Å². The second kappa shape index (κ2) is 8.63. The SMILES string of the molecule is COc1ccc(Br)c(OC)c1CSc1ccccc1C1=NCCCN1. The molecule has 1 aliphatic heterocycles. The molecule has 0 unspecified atom stereocenters. The van der Waals surface area contributed by atoms with Gasteiger partial charge < -0.3 is 14.8 Å². The minimum atomic E-state index is 0.746. The fraction of sp³-hybridized carbons (Fsp3) is 0.316. The van der Waals surface area contributed by atoms with Crippen molar-refractivity contribution < 1.29 is 9.47 Å². The fourth-order valence-electron chi connectivity index (χ4n) is 2.78. The summed E-state index contributed by atoms with van der Waals surface area (Å²) in [5.74, 6) is 3.38.